The first kappa shape index (κ1) is 18.6. The summed E-state index contributed by atoms with van der Waals surface area (Å²) in [6, 6.07) is 24.8. The van der Waals surface area contributed by atoms with E-state index in [0.29, 0.717) is 6.42 Å². The van der Waals surface area contributed by atoms with Gasteiger partial charge in [0.05, 0.1) is 18.2 Å². The van der Waals surface area contributed by atoms with Crippen molar-refractivity contribution in [1.82, 2.24) is 14.9 Å². The van der Waals surface area contributed by atoms with Gasteiger partial charge >= 0.3 is 0 Å². The lowest BCUT2D eigenvalue weighted by Gasteiger charge is -2.24. The number of likely N-dealkylation sites (tertiary alicyclic amines) is 1. The number of nitrogens with zero attached hydrogens (tertiary/aromatic N) is 2. The van der Waals surface area contributed by atoms with Crippen molar-refractivity contribution in [2.24, 2.45) is 0 Å². The van der Waals surface area contributed by atoms with E-state index in [1.54, 1.807) is 0 Å². The number of nitrogens with one attached hydrogen (secondary N) is 1. The molecule has 5 rings (SSSR count). The SMILES string of the molecule is O=C(Cc1c[nH]c2ccccc12)N1CCCC1c1cccc(Cc2ccccc2)n1. The predicted octanol–water partition coefficient (Wildman–Crippen LogP) is 5.06. The average Bonchev–Trinajstić information content (AvgIpc) is 3.43. The summed E-state index contributed by atoms with van der Waals surface area (Å²) in [5, 5.41) is 1.13. The van der Waals surface area contributed by atoms with E-state index in [2.05, 4.69) is 53.5 Å². The fraction of sp³-hybridized carbons (Fsp3) is 0.231. The van der Waals surface area contributed by atoms with Gasteiger partial charge in [0.15, 0.2) is 0 Å². The number of pyridine rings is 1. The zero-order valence-corrected chi connectivity index (χ0v) is 16.9. The Balaban J connectivity index is 1.34. The third-order valence-electron chi connectivity index (χ3n) is 5.99. The Morgan fingerprint density at radius 3 is 2.73 bits per heavy atom. The molecule has 1 unspecified atom stereocenters. The molecule has 1 atom stereocenters. The molecule has 30 heavy (non-hydrogen) atoms. The molecule has 0 radical (unpaired) electrons. The normalized spacial score (nSPS) is 16.3. The van der Waals surface area contributed by atoms with Gasteiger partial charge in [-0.15, -0.1) is 0 Å². The van der Waals surface area contributed by atoms with Gasteiger partial charge in [0, 0.05) is 35.8 Å². The molecule has 2 aromatic heterocycles. The van der Waals surface area contributed by atoms with E-state index in [1.165, 1.54) is 5.56 Å². The van der Waals surface area contributed by atoms with Crippen LogP contribution in [0.25, 0.3) is 10.9 Å². The van der Waals surface area contributed by atoms with Crippen molar-refractivity contribution in [3.8, 4) is 0 Å². The molecule has 0 spiro atoms. The number of carbonyl (C=O) groups is 1. The summed E-state index contributed by atoms with van der Waals surface area (Å²) in [5.41, 5.74) is 5.45. The molecule has 1 saturated heterocycles. The number of carbonyl (C=O) groups excluding carboxylic acids is 1. The van der Waals surface area contributed by atoms with Crippen LogP contribution in [0.3, 0.4) is 0 Å². The molecule has 1 amide bonds. The van der Waals surface area contributed by atoms with Gasteiger partial charge in [-0.05, 0) is 42.2 Å². The highest BCUT2D eigenvalue weighted by atomic mass is 16.2. The number of fused-ring (bicyclic) bond motifs is 1. The van der Waals surface area contributed by atoms with E-state index in [0.717, 1.165) is 53.7 Å². The number of hydrogen-bond acceptors (Lipinski definition) is 2. The highest BCUT2D eigenvalue weighted by Gasteiger charge is 2.31. The highest BCUT2D eigenvalue weighted by molar-refractivity contribution is 5.89. The Morgan fingerprint density at radius 2 is 1.83 bits per heavy atom. The molecule has 0 aliphatic carbocycles. The summed E-state index contributed by atoms with van der Waals surface area (Å²) in [4.78, 5) is 23.4. The summed E-state index contributed by atoms with van der Waals surface area (Å²) in [5.74, 6) is 0.178. The van der Waals surface area contributed by atoms with Crippen LogP contribution in [-0.2, 0) is 17.6 Å². The van der Waals surface area contributed by atoms with Gasteiger partial charge in [0.2, 0.25) is 5.91 Å². The Bertz CT molecular complexity index is 1170. The minimum Gasteiger partial charge on any atom is -0.361 e. The first-order valence-corrected chi connectivity index (χ1v) is 10.6. The molecule has 1 fully saturated rings. The van der Waals surface area contributed by atoms with Crippen molar-refractivity contribution >= 4 is 16.8 Å². The van der Waals surface area contributed by atoms with E-state index in [-0.39, 0.29) is 11.9 Å². The van der Waals surface area contributed by atoms with Crippen LogP contribution >= 0.6 is 0 Å². The molecular formula is C26H25N3O. The second-order valence-corrected chi connectivity index (χ2v) is 8.00. The first-order chi connectivity index (χ1) is 14.8. The topological polar surface area (TPSA) is 49.0 Å². The van der Waals surface area contributed by atoms with Crippen LogP contribution in [0.2, 0.25) is 0 Å². The van der Waals surface area contributed by atoms with Gasteiger partial charge < -0.3 is 9.88 Å². The molecule has 3 heterocycles. The summed E-state index contributed by atoms with van der Waals surface area (Å²) >= 11 is 0. The fourth-order valence-corrected chi connectivity index (χ4v) is 4.50. The van der Waals surface area contributed by atoms with Crippen molar-refractivity contribution in [3.63, 3.8) is 0 Å². The number of para-hydroxylation sites is 1. The maximum atomic E-state index is 13.2. The second-order valence-electron chi connectivity index (χ2n) is 8.00. The van der Waals surface area contributed by atoms with E-state index in [1.807, 2.05) is 35.4 Å². The maximum absolute atomic E-state index is 13.2. The van der Waals surface area contributed by atoms with Crippen LogP contribution < -0.4 is 0 Å². The molecule has 4 heteroatoms. The molecule has 4 nitrogen and oxygen atoms in total. The van der Waals surface area contributed by atoms with Gasteiger partial charge in [-0.1, -0.05) is 54.6 Å². The Morgan fingerprint density at radius 1 is 1.00 bits per heavy atom. The van der Waals surface area contributed by atoms with Crippen molar-refractivity contribution < 1.29 is 4.79 Å². The molecule has 1 aliphatic heterocycles. The molecule has 0 bridgehead atoms. The smallest absolute Gasteiger partial charge is 0.227 e. The zero-order chi connectivity index (χ0) is 20.3. The van der Waals surface area contributed by atoms with Crippen LogP contribution in [0.4, 0.5) is 0 Å². The third kappa shape index (κ3) is 3.73. The quantitative estimate of drug-likeness (QED) is 0.513. The lowest BCUT2D eigenvalue weighted by Crippen LogP contribution is -2.32. The highest BCUT2D eigenvalue weighted by Crippen LogP contribution is 2.32. The lowest BCUT2D eigenvalue weighted by atomic mass is 10.1. The average molecular weight is 396 g/mol. The summed E-state index contributed by atoms with van der Waals surface area (Å²) in [6.07, 6.45) is 5.19. The third-order valence-corrected chi connectivity index (χ3v) is 5.99. The summed E-state index contributed by atoms with van der Waals surface area (Å²) in [6.45, 7) is 0.802. The molecule has 2 aromatic carbocycles. The predicted molar refractivity (Wildman–Crippen MR) is 119 cm³/mol. The van der Waals surface area contributed by atoms with Gasteiger partial charge in [-0.2, -0.15) is 0 Å². The molecule has 150 valence electrons. The number of benzene rings is 2. The monoisotopic (exact) mass is 395 g/mol. The van der Waals surface area contributed by atoms with E-state index in [4.69, 9.17) is 4.98 Å². The lowest BCUT2D eigenvalue weighted by molar-refractivity contribution is -0.131. The number of rotatable bonds is 5. The number of aromatic nitrogens is 2. The molecule has 4 aromatic rings. The van der Waals surface area contributed by atoms with Crippen molar-refractivity contribution in [2.45, 2.75) is 31.7 Å². The molecule has 1 N–H and O–H groups in total. The minimum atomic E-state index is 0.0680. The van der Waals surface area contributed by atoms with Gasteiger partial charge in [-0.3, -0.25) is 9.78 Å². The minimum absolute atomic E-state index is 0.0680. The van der Waals surface area contributed by atoms with Crippen LogP contribution in [0, 0.1) is 0 Å². The Hall–Kier alpha value is -3.40. The van der Waals surface area contributed by atoms with E-state index < -0.39 is 0 Å². The van der Waals surface area contributed by atoms with Crippen LogP contribution in [0.5, 0.6) is 0 Å². The van der Waals surface area contributed by atoms with Gasteiger partial charge in [0.1, 0.15) is 0 Å². The largest absolute Gasteiger partial charge is 0.361 e. The number of H-pyrrole nitrogens is 1. The number of aromatic amines is 1. The molecule has 1 aliphatic rings. The van der Waals surface area contributed by atoms with Crippen molar-refractivity contribution in [2.75, 3.05) is 6.54 Å². The van der Waals surface area contributed by atoms with E-state index >= 15 is 0 Å². The van der Waals surface area contributed by atoms with Gasteiger partial charge in [0.25, 0.3) is 0 Å². The van der Waals surface area contributed by atoms with E-state index in [9.17, 15) is 4.79 Å². The standard InChI is InChI=1S/C26H25N3O/c30-26(17-20-18-27-23-12-5-4-11-22(20)23)29-15-7-14-25(29)24-13-6-10-21(28-24)16-19-8-2-1-3-9-19/h1-6,8-13,18,25,27H,7,14-17H2. The zero-order valence-electron chi connectivity index (χ0n) is 16.9. The molecule has 0 saturated carbocycles. The molecular weight excluding hydrogens is 370 g/mol. The second kappa shape index (κ2) is 8.15. The Kier molecular flexibility index (Phi) is 5.06. The van der Waals surface area contributed by atoms with Crippen LogP contribution in [0.15, 0.2) is 79.0 Å². The van der Waals surface area contributed by atoms with Gasteiger partial charge in [-0.25, -0.2) is 0 Å². The number of hydrogen-bond donors (Lipinski definition) is 1. The fourth-order valence-electron chi connectivity index (χ4n) is 4.50. The summed E-state index contributed by atoms with van der Waals surface area (Å²) < 4.78 is 0. The summed E-state index contributed by atoms with van der Waals surface area (Å²) in [7, 11) is 0. The number of amides is 1. The Labute approximate surface area is 176 Å². The van der Waals surface area contributed by atoms with Crippen LogP contribution in [0.1, 0.15) is 41.4 Å². The maximum Gasteiger partial charge on any atom is 0.227 e. The van der Waals surface area contributed by atoms with Crippen LogP contribution in [-0.4, -0.2) is 27.3 Å². The van der Waals surface area contributed by atoms with Crippen molar-refractivity contribution in [1.29, 1.82) is 0 Å². The first-order valence-electron chi connectivity index (χ1n) is 10.6. The van der Waals surface area contributed by atoms with Crippen molar-refractivity contribution in [3.05, 3.63) is 102 Å².